The van der Waals surface area contributed by atoms with Gasteiger partial charge in [0.25, 0.3) is 11.8 Å². The molecule has 0 aromatic heterocycles. The average Bonchev–Trinajstić information content (AvgIpc) is 2.93. The Kier molecular flexibility index (Phi) is 10.6. The maximum Gasteiger partial charge on any atom is 0.327 e. The van der Waals surface area contributed by atoms with Gasteiger partial charge in [0.2, 0.25) is 0 Å². The van der Waals surface area contributed by atoms with Crippen LogP contribution in [0.4, 0.5) is 0 Å². The molecule has 1 aliphatic heterocycles. The van der Waals surface area contributed by atoms with Crippen LogP contribution < -0.4 is 0 Å². The molecule has 1 aliphatic rings. The lowest BCUT2D eigenvalue weighted by atomic mass is 10.1. The van der Waals surface area contributed by atoms with Crippen LogP contribution in [0.5, 0.6) is 0 Å². The fraction of sp³-hybridized carbons (Fsp3) is 0.500. The topological polar surface area (TPSA) is 74.7 Å². The Bertz CT molecular complexity index is 681. The Labute approximate surface area is 172 Å². The minimum atomic E-state index is -1.16. The van der Waals surface area contributed by atoms with Crippen LogP contribution in [0.15, 0.2) is 47.1 Å². The van der Waals surface area contributed by atoms with E-state index in [0.717, 1.165) is 42.7 Å². The lowest BCUT2D eigenvalue weighted by Crippen LogP contribution is -2.46. The quantitative estimate of drug-likeness (QED) is 0.294. The first-order valence-electron chi connectivity index (χ1n) is 9.52. The predicted octanol–water partition coefficient (Wildman–Crippen LogP) is 4.52. The molecule has 0 saturated carbocycles. The van der Waals surface area contributed by atoms with Crippen molar-refractivity contribution in [2.45, 2.75) is 59.4 Å². The molecule has 5 nitrogen and oxygen atoms in total. The van der Waals surface area contributed by atoms with E-state index in [1.54, 1.807) is 0 Å². The molecule has 0 aromatic rings. The number of carboxylic acids is 1. The number of imide groups is 1. The molecule has 1 atom stereocenters. The molecule has 0 aromatic carbocycles. The summed E-state index contributed by atoms with van der Waals surface area (Å²) in [5.41, 5.74) is 4.00. The van der Waals surface area contributed by atoms with Crippen LogP contribution in [0.25, 0.3) is 0 Å². The zero-order valence-corrected chi connectivity index (χ0v) is 18.1. The molecular weight excluding hydrogens is 374 g/mol. The van der Waals surface area contributed by atoms with Crippen molar-refractivity contribution >= 4 is 29.5 Å². The van der Waals surface area contributed by atoms with Crippen LogP contribution in [0, 0.1) is 0 Å². The van der Waals surface area contributed by atoms with Gasteiger partial charge in [-0.05, 0) is 53.4 Å². The van der Waals surface area contributed by atoms with E-state index in [-0.39, 0.29) is 5.75 Å². The Morgan fingerprint density at radius 1 is 1.00 bits per heavy atom. The molecule has 1 rings (SSSR count). The highest BCUT2D eigenvalue weighted by Gasteiger charge is 2.35. The summed E-state index contributed by atoms with van der Waals surface area (Å²) < 4.78 is 0. The minimum absolute atomic E-state index is 0.182. The van der Waals surface area contributed by atoms with Crippen molar-refractivity contribution in [2.24, 2.45) is 0 Å². The minimum Gasteiger partial charge on any atom is -0.480 e. The highest BCUT2D eigenvalue weighted by Crippen LogP contribution is 2.16. The van der Waals surface area contributed by atoms with Gasteiger partial charge < -0.3 is 5.11 Å². The maximum atomic E-state index is 11.7. The van der Waals surface area contributed by atoms with Crippen molar-refractivity contribution in [3.05, 3.63) is 47.1 Å². The van der Waals surface area contributed by atoms with Crippen molar-refractivity contribution in [3.63, 3.8) is 0 Å². The van der Waals surface area contributed by atoms with Crippen LogP contribution in [-0.4, -0.2) is 45.3 Å². The van der Waals surface area contributed by atoms with Crippen molar-refractivity contribution in [1.29, 1.82) is 0 Å². The van der Waals surface area contributed by atoms with Gasteiger partial charge in [-0.1, -0.05) is 34.9 Å². The third-order valence-electron chi connectivity index (χ3n) is 4.39. The largest absolute Gasteiger partial charge is 0.480 e. The van der Waals surface area contributed by atoms with Gasteiger partial charge in [0.05, 0.1) is 0 Å². The normalized spacial score (nSPS) is 15.9. The van der Waals surface area contributed by atoms with Gasteiger partial charge in [0, 0.05) is 23.7 Å². The van der Waals surface area contributed by atoms with Gasteiger partial charge in [0.15, 0.2) is 0 Å². The average molecular weight is 406 g/mol. The van der Waals surface area contributed by atoms with Crippen LogP contribution in [-0.2, 0) is 14.4 Å². The fourth-order valence-corrected chi connectivity index (χ4v) is 3.75. The second-order valence-electron chi connectivity index (χ2n) is 7.23. The van der Waals surface area contributed by atoms with E-state index in [9.17, 15) is 19.5 Å². The Morgan fingerprint density at radius 2 is 1.54 bits per heavy atom. The van der Waals surface area contributed by atoms with Gasteiger partial charge >= 0.3 is 5.97 Å². The van der Waals surface area contributed by atoms with Crippen molar-refractivity contribution in [1.82, 2.24) is 4.90 Å². The molecular formula is C22H31NO4S. The molecule has 0 aliphatic carbocycles. The highest BCUT2D eigenvalue weighted by atomic mass is 32.2. The highest BCUT2D eigenvalue weighted by molar-refractivity contribution is 7.99. The number of carbonyl (C=O) groups is 3. The van der Waals surface area contributed by atoms with Crippen molar-refractivity contribution in [2.75, 3.05) is 11.5 Å². The van der Waals surface area contributed by atoms with Crippen molar-refractivity contribution in [3.8, 4) is 0 Å². The number of rotatable bonds is 12. The number of nitrogens with zero attached hydrogens (tertiary/aromatic N) is 1. The van der Waals surface area contributed by atoms with Crippen LogP contribution in [0.2, 0.25) is 0 Å². The molecule has 0 fully saturated rings. The summed E-state index contributed by atoms with van der Waals surface area (Å²) in [4.78, 5) is 35.6. The molecule has 28 heavy (non-hydrogen) atoms. The smallest absolute Gasteiger partial charge is 0.327 e. The molecule has 154 valence electrons. The summed E-state index contributed by atoms with van der Waals surface area (Å²) in [5, 5.41) is 9.33. The lowest BCUT2D eigenvalue weighted by Gasteiger charge is -2.21. The first kappa shape index (κ1) is 24.0. The second-order valence-corrected chi connectivity index (χ2v) is 8.31. The third-order valence-corrected chi connectivity index (χ3v) is 5.34. The van der Waals surface area contributed by atoms with Gasteiger partial charge in [-0.15, -0.1) is 0 Å². The number of aliphatic carboxylic acids is 1. The van der Waals surface area contributed by atoms with E-state index < -0.39 is 23.8 Å². The van der Waals surface area contributed by atoms with E-state index in [1.165, 1.54) is 28.5 Å². The molecule has 6 heteroatoms. The number of amides is 2. The van der Waals surface area contributed by atoms with Gasteiger partial charge in [0.1, 0.15) is 6.04 Å². The zero-order chi connectivity index (χ0) is 21.1. The van der Waals surface area contributed by atoms with Crippen LogP contribution in [0.3, 0.4) is 0 Å². The zero-order valence-electron chi connectivity index (χ0n) is 17.2. The van der Waals surface area contributed by atoms with Crippen molar-refractivity contribution < 1.29 is 19.5 Å². The molecule has 0 saturated heterocycles. The lowest BCUT2D eigenvalue weighted by molar-refractivity contribution is -0.152. The molecule has 1 heterocycles. The third kappa shape index (κ3) is 8.74. The Hall–Kier alpha value is -2.08. The Morgan fingerprint density at radius 3 is 2.07 bits per heavy atom. The summed E-state index contributed by atoms with van der Waals surface area (Å²) in [6.45, 7) is 8.46. The predicted molar refractivity (Wildman–Crippen MR) is 115 cm³/mol. The standard InChI is InChI=1S/C22H31NO4S/c1-16(2)7-5-8-17(3)9-6-10-18(4)13-14-28-15-19(22(26)27)23-20(24)11-12-21(23)25/h7,9,11-13,19H,5-6,8,10,14-15H2,1-4H3,(H,26,27)/b17-9+,18-13+/t19-/m0/s1. The second kappa shape index (κ2) is 12.4. The summed E-state index contributed by atoms with van der Waals surface area (Å²) >= 11 is 1.41. The summed E-state index contributed by atoms with van der Waals surface area (Å²) in [5.74, 6) is -1.44. The van der Waals surface area contributed by atoms with Gasteiger partial charge in [-0.25, -0.2) is 4.79 Å². The number of allylic oxidation sites excluding steroid dienone is 5. The van der Waals surface area contributed by atoms with Crippen LogP contribution >= 0.6 is 11.8 Å². The van der Waals surface area contributed by atoms with Gasteiger partial charge in [-0.3, -0.25) is 14.5 Å². The number of carbonyl (C=O) groups excluding carboxylic acids is 2. The number of hydrogen-bond donors (Lipinski definition) is 1. The molecule has 1 N–H and O–H groups in total. The summed E-state index contributed by atoms with van der Waals surface area (Å²) in [6.07, 6.45) is 13.0. The number of thioether (sulfide) groups is 1. The van der Waals surface area contributed by atoms with E-state index in [0.29, 0.717) is 5.75 Å². The van der Waals surface area contributed by atoms with E-state index in [1.807, 2.05) is 0 Å². The number of hydrogen-bond acceptors (Lipinski definition) is 4. The van der Waals surface area contributed by atoms with E-state index in [4.69, 9.17) is 0 Å². The monoisotopic (exact) mass is 405 g/mol. The first-order chi connectivity index (χ1) is 13.2. The van der Waals surface area contributed by atoms with Gasteiger partial charge in [-0.2, -0.15) is 11.8 Å². The molecule has 0 spiro atoms. The maximum absolute atomic E-state index is 11.7. The van der Waals surface area contributed by atoms with Crippen LogP contribution in [0.1, 0.15) is 53.4 Å². The first-order valence-corrected chi connectivity index (χ1v) is 10.7. The summed E-state index contributed by atoms with van der Waals surface area (Å²) in [7, 11) is 0. The molecule has 0 unspecified atom stereocenters. The molecule has 0 radical (unpaired) electrons. The number of carboxylic acid groups (broad SMARTS) is 1. The van der Waals surface area contributed by atoms with E-state index >= 15 is 0 Å². The molecule has 0 bridgehead atoms. The molecule has 2 amide bonds. The Balaban J connectivity index is 2.37. The van der Waals surface area contributed by atoms with E-state index in [2.05, 4.69) is 45.9 Å². The summed E-state index contributed by atoms with van der Waals surface area (Å²) in [6, 6.07) is -1.12. The fourth-order valence-electron chi connectivity index (χ4n) is 2.69. The SMILES string of the molecule is CC(C)=CCC/C(C)=C/CC/C(C)=C/CSC[C@@H](C(=O)O)N1C(=O)C=CC1=O.